The fourth-order valence-electron chi connectivity index (χ4n) is 4.46. The van der Waals surface area contributed by atoms with E-state index in [4.69, 9.17) is 30.3 Å². The minimum atomic E-state index is -0.472. The first-order valence-electron chi connectivity index (χ1n) is 9.98. The molecule has 0 unspecified atom stereocenters. The quantitative estimate of drug-likeness (QED) is 0.534. The van der Waals surface area contributed by atoms with Crippen LogP contribution in [0, 0.1) is 18.2 Å². The van der Waals surface area contributed by atoms with Gasteiger partial charge in [0, 0.05) is 17.7 Å². The molecule has 2 heterocycles. The molecule has 2 bridgehead atoms. The zero-order chi connectivity index (χ0) is 22.8. The standard InChI is InChI=1S/C21H19ClFN3O3.CH3NO/c1-13-4-15(7-24-6-13)27-8-18-25-26-19(29-18)21-9-20(10-21,11-21)12-28-14-2-3-16(22)17(23)5-14;2-1-3/h2-7H,8-12H2,1H3;1H,(H2,2,3). The van der Waals surface area contributed by atoms with Crippen LogP contribution in [-0.4, -0.2) is 28.2 Å². The minimum absolute atomic E-state index is 0.0508. The van der Waals surface area contributed by atoms with Gasteiger partial charge in [0.2, 0.25) is 12.3 Å². The van der Waals surface area contributed by atoms with Gasteiger partial charge in [0.05, 0.1) is 23.2 Å². The minimum Gasteiger partial charge on any atom is -0.493 e. The van der Waals surface area contributed by atoms with Gasteiger partial charge in [-0.2, -0.15) is 0 Å². The Morgan fingerprint density at radius 2 is 1.94 bits per heavy atom. The molecule has 2 N–H and O–H groups in total. The van der Waals surface area contributed by atoms with Gasteiger partial charge in [0.25, 0.3) is 5.89 Å². The second-order valence-electron chi connectivity index (χ2n) is 8.30. The Morgan fingerprint density at radius 3 is 2.62 bits per heavy atom. The Morgan fingerprint density at radius 1 is 1.19 bits per heavy atom. The van der Waals surface area contributed by atoms with Crippen LogP contribution in [0.5, 0.6) is 11.5 Å². The van der Waals surface area contributed by atoms with E-state index in [1.807, 2.05) is 13.0 Å². The van der Waals surface area contributed by atoms with Gasteiger partial charge in [-0.25, -0.2) is 4.39 Å². The Labute approximate surface area is 188 Å². The lowest BCUT2D eigenvalue weighted by molar-refractivity contribution is -0.174. The number of carbonyl (C=O) groups excluding carboxylic acids is 1. The number of nitrogens with zero attached hydrogens (tertiary/aromatic N) is 3. The highest BCUT2D eigenvalue weighted by Crippen LogP contribution is 2.73. The Hall–Kier alpha value is -3.20. The van der Waals surface area contributed by atoms with Crippen molar-refractivity contribution >= 4 is 18.0 Å². The van der Waals surface area contributed by atoms with Crippen LogP contribution in [0.4, 0.5) is 4.39 Å². The summed E-state index contributed by atoms with van der Waals surface area (Å²) in [6.45, 7) is 2.71. The van der Waals surface area contributed by atoms with E-state index in [9.17, 15) is 4.39 Å². The molecule has 1 amide bonds. The number of halogens is 2. The summed E-state index contributed by atoms with van der Waals surface area (Å²) >= 11 is 5.70. The SMILES string of the molecule is Cc1cncc(OCc2nnc(C34CC(COc5ccc(Cl)c(F)c5)(C3)C4)o2)c1.NC=O. The summed E-state index contributed by atoms with van der Waals surface area (Å²) in [4.78, 5) is 12.7. The van der Waals surface area contributed by atoms with Crippen LogP contribution < -0.4 is 15.2 Å². The summed E-state index contributed by atoms with van der Waals surface area (Å²) in [7, 11) is 0. The first kappa shape index (κ1) is 22.0. The third-order valence-electron chi connectivity index (χ3n) is 5.71. The number of rotatable bonds is 7. The molecular formula is C22H22ClFN4O4. The first-order valence-corrected chi connectivity index (χ1v) is 10.4. The average molecular weight is 461 g/mol. The van der Waals surface area contributed by atoms with Crippen LogP contribution in [0.15, 0.2) is 41.1 Å². The van der Waals surface area contributed by atoms with E-state index in [2.05, 4.69) is 20.9 Å². The third-order valence-corrected chi connectivity index (χ3v) is 6.02. The van der Waals surface area contributed by atoms with E-state index in [1.54, 1.807) is 18.5 Å². The van der Waals surface area contributed by atoms with Gasteiger partial charge in [-0.3, -0.25) is 9.78 Å². The van der Waals surface area contributed by atoms with E-state index >= 15 is 0 Å². The number of pyridine rings is 1. The molecule has 8 nitrogen and oxygen atoms in total. The monoisotopic (exact) mass is 460 g/mol. The number of ether oxygens (including phenoxy) is 2. The van der Waals surface area contributed by atoms with E-state index < -0.39 is 5.82 Å². The van der Waals surface area contributed by atoms with Crippen molar-refractivity contribution in [1.82, 2.24) is 15.2 Å². The highest BCUT2D eigenvalue weighted by Gasteiger charge is 2.71. The predicted octanol–water partition coefficient (Wildman–Crippen LogP) is 3.75. The number of carbonyl (C=O) groups is 1. The lowest BCUT2D eigenvalue weighted by atomic mass is 9.35. The molecule has 3 aliphatic carbocycles. The van der Waals surface area contributed by atoms with Crippen LogP contribution in [0.25, 0.3) is 0 Å². The van der Waals surface area contributed by atoms with E-state index in [0.29, 0.717) is 29.9 Å². The second-order valence-corrected chi connectivity index (χ2v) is 8.71. The van der Waals surface area contributed by atoms with Gasteiger partial charge in [-0.15, -0.1) is 10.2 Å². The summed E-state index contributed by atoms with van der Waals surface area (Å²) in [6.07, 6.45) is 6.46. The largest absolute Gasteiger partial charge is 0.493 e. The zero-order valence-corrected chi connectivity index (χ0v) is 18.1. The number of hydrogen-bond donors (Lipinski definition) is 1. The number of benzene rings is 1. The van der Waals surface area contributed by atoms with Crippen molar-refractivity contribution in [2.75, 3.05) is 6.61 Å². The van der Waals surface area contributed by atoms with Crippen molar-refractivity contribution in [2.24, 2.45) is 11.1 Å². The molecule has 3 aliphatic rings. The third kappa shape index (κ3) is 4.38. The van der Waals surface area contributed by atoms with Crippen LogP contribution >= 0.6 is 11.6 Å². The fraction of sp³-hybridized carbons (Fsp3) is 0.364. The molecule has 6 rings (SSSR count). The summed E-state index contributed by atoms with van der Waals surface area (Å²) in [5.74, 6) is 1.81. The van der Waals surface area contributed by atoms with Gasteiger partial charge in [0.1, 0.15) is 17.3 Å². The topological polar surface area (TPSA) is 113 Å². The predicted molar refractivity (Wildman–Crippen MR) is 113 cm³/mol. The van der Waals surface area contributed by atoms with Gasteiger partial charge in [-0.1, -0.05) is 11.6 Å². The van der Waals surface area contributed by atoms with Crippen molar-refractivity contribution in [2.45, 2.75) is 38.2 Å². The molecule has 0 radical (unpaired) electrons. The lowest BCUT2D eigenvalue weighted by Crippen LogP contribution is -2.66. The number of hydrogen-bond acceptors (Lipinski definition) is 7. The molecule has 0 aliphatic heterocycles. The molecule has 0 saturated heterocycles. The molecule has 3 aromatic rings. The van der Waals surface area contributed by atoms with Gasteiger partial charge in [0.15, 0.2) is 6.61 Å². The van der Waals surface area contributed by atoms with E-state index in [0.717, 1.165) is 24.8 Å². The Balaban J connectivity index is 0.000000775. The van der Waals surface area contributed by atoms with Crippen LogP contribution in [-0.2, 0) is 16.8 Å². The highest BCUT2D eigenvalue weighted by molar-refractivity contribution is 6.30. The normalized spacial score (nSPS) is 22.6. The first-order chi connectivity index (χ1) is 15.4. The summed E-state index contributed by atoms with van der Waals surface area (Å²) in [5, 5.41) is 8.44. The van der Waals surface area contributed by atoms with Crippen LogP contribution in [0.2, 0.25) is 5.02 Å². The molecule has 3 saturated carbocycles. The number of aromatic nitrogens is 3. The van der Waals surface area contributed by atoms with E-state index in [1.165, 1.54) is 12.1 Å². The molecule has 0 atom stereocenters. The van der Waals surface area contributed by atoms with Crippen LogP contribution in [0.3, 0.4) is 0 Å². The molecule has 2 aromatic heterocycles. The molecule has 32 heavy (non-hydrogen) atoms. The maximum atomic E-state index is 13.5. The van der Waals surface area contributed by atoms with Gasteiger partial charge >= 0.3 is 0 Å². The molecule has 1 aromatic carbocycles. The lowest BCUT2D eigenvalue weighted by Gasteiger charge is -2.68. The molecule has 0 spiro atoms. The summed E-state index contributed by atoms with van der Waals surface area (Å²) < 4.78 is 30.8. The summed E-state index contributed by atoms with van der Waals surface area (Å²) in [6, 6.07) is 6.41. The van der Waals surface area contributed by atoms with Crippen molar-refractivity contribution in [1.29, 1.82) is 0 Å². The van der Waals surface area contributed by atoms with Crippen LogP contribution in [0.1, 0.15) is 36.6 Å². The molecule has 168 valence electrons. The van der Waals surface area contributed by atoms with Crippen molar-refractivity contribution in [3.05, 3.63) is 64.8 Å². The molecular weight excluding hydrogens is 439 g/mol. The van der Waals surface area contributed by atoms with Crippen molar-refractivity contribution in [3.63, 3.8) is 0 Å². The van der Waals surface area contributed by atoms with Gasteiger partial charge < -0.3 is 19.6 Å². The number of nitrogens with two attached hydrogens (primary N) is 1. The van der Waals surface area contributed by atoms with Crippen molar-refractivity contribution in [3.8, 4) is 11.5 Å². The average Bonchev–Trinajstić information content (AvgIpc) is 3.17. The zero-order valence-electron chi connectivity index (χ0n) is 17.4. The van der Waals surface area contributed by atoms with Crippen molar-refractivity contribution < 1.29 is 23.1 Å². The van der Waals surface area contributed by atoms with E-state index in [-0.39, 0.29) is 28.9 Å². The maximum absolute atomic E-state index is 13.5. The second kappa shape index (κ2) is 8.74. The van der Waals surface area contributed by atoms with Gasteiger partial charge in [-0.05, 0) is 49.9 Å². The summed E-state index contributed by atoms with van der Waals surface area (Å²) in [5.41, 5.74) is 5.25. The Kier molecular flexibility index (Phi) is 6.01. The molecule has 3 fully saturated rings. The number of aryl methyl sites for hydroxylation is 1. The smallest absolute Gasteiger partial charge is 0.253 e. The number of amides is 1. The maximum Gasteiger partial charge on any atom is 0.253 e. The fourth-order valence-corrected chi connectivity index (χ4v) is 4.58. The molecule has 10 heteroatoms. The number of primary amides is 1. The highest BCUT2D eigenvalue weighted by atomic mass is 35.5. The Bertz CT molecular complexity index is 1100.